The second-order valence-electron chi connectivity index (χ2n) is 5.66. The Bertz CT molecular complexity index is 783. The molecule has 1 aromatic carbocycles. The number of hydrogen-bond acceptors (Lipinski definition) is 6. The molecule has 1 saturated heterocycles. The fourth-order valence-electron chi connectivity index (χ4n) is 2.67. The largest absolute Gasteiger partial charge is 0.338 e. The Hall–Kier alpha value is -2.69. The molecule has 0 atom stereocenters. The second kappa shape index (κ2) is 7.92. The van der Waals surface area contributed by atoms with Crippen LogP contribution in [0.1, 0.15) is 5.56 Å². The molecule has 0 spiro atoms. The molecule has 8 heteroatoms. The van der Waals surface area contributed by atoms with Crippen molar-refractivity contribution in [2.75, 3.05) is 42.9 Å². The summed E-state index contributed by atoms with van der Waals surface area (Å²) in [6.07, 6.45) is 3.44. The molecule has 7 nitrogen and oxygen atoms in total. The molecule has 0 radical (unpaired) electrons. The first-order chi connectivity index (χ1) is 12.2. The van der Waals surface area contributed by atoms with Crippen LogP contribution in [0.3, 0.4) is 0 Å². The number of halogens is 1. The van der Waals surface area contributed by atoms with Crippen LogP contribution in [0.25, 0.3) is 0 Å². The van der Waals surface area contributed by atoms with Crippen molar-refractivity contribution >= 4 is 29.1 Å². The highest BCUT2D eigenvalue weighted by atomic mass is 35.5. The third kappa shape index (κ3) is 4.44. The third-order valence-corrected chi connectivity index (χ3v) is 4.19. The van der Waals surface area contributed by atoms with Crippen LogP contribution in [0.5, 0.6) is 0 Å². The average Bonchev–Trinajstić information content (AvgIpc) is 2.63. The van der Waals surface area contributed by atoms with Gasteiger partial charge in [0.1, 0.15) is 6.07 Å². The zero-order chi connectivity index (χ0) is 17.6. The molecule has 1 aliphatic rings. The highest BCUT2D eigenvalue weighted by Gasteiger charge is 2.20. The zero-order valence-electron chi connectivity index (χ0n) is 13.5. The molecular formula is C17H17ClN6O. The number of piperazine rings is 1. The summed E-state index contributed by atoms with van der Waals surface area (Å²) in [5.41, 5.74) is 0.833. The maximum absolute atomic E-state index is 12.3. The van der Waals surface area contributed by atoms with Crippen LogP contribution < -0.4 is 10.2 Å². The molecule has 0 saturated carbocycles. The fraction of sp³-hybridized carbons (Fsp3) is 0.294. The number of aromatic nitrogens is 2. The van der Waals surface area contributed by atoms with Crippen LogP contribution in [0.15, 0.2) is 36.7 Å². The van der Waals surface area contributed by atoms with Crippen LogP contribution >= 0.6 is 11.6 Å². The van der Waals surface area contributed by atoms with E-state index in [1.165, 1.54) is 0 Å². The summed E-state index contributed by atoms with van der Waals surface area (Å²) < 4.78 is 0. The van der Waals surface area contributed by atoms with Gasteiger partial charge in [0.15, 0.2) is 0 Å². The van der Waals surface area contributed by atoms with E-state index in [9.17, 15) is 4.79 Å². The topological polar surface area (TPSA) is 85.2 Å². The highest BCUT2D eigenvalue weighted by Crippen LogP contribution is 2.20. The van der Waals surface area contributed by atoms with Crippen molar-refractivity contribution in [1.29, 1.82) is 5.26 Å². The minimum Gasteiger partial charge on any atom is -0.338 e. The van der Waals surface area contributed by atoms with Crippen molar-refractivity contribution in [2.45, 2.75) is 0 Å². The van der Waals surface area contributed by atoms with E-state index in [2.05, 4.69) is 25.1 Å². The standard InChI is InChI=1S/C17H17ClN6O/c18-14-3-2-13(11-19)15(10-14)22-16(25)12-23-6-8-24(9-7-23)17-20-4-1-5-21-17/h1-5,10H,6-9,12H2,(H,22,25). The van der Waals surface area contributed by atoms with Gasteiger partial charge in [-0.15, -0.1) is 0 Å². The summed E-state index contributed by atoms with van der Waals surface area (Å²) in [5, 5.41) is 12.4. The number of carbonyl (C=O) groups excluding carboxylic acids is 1. The van der Waals surface area contributed by atoms with Crippen LogP contribution in [0, 0.1) is 11.3 Å². The molecule has 3 rings (SSSR count). The summed E-state index contributed by atoms with van der Waals surface area (Å²) in [6.45, 7) is 3.27. The Morgan fingerprint density at radius 1 is 1.24 bits per heavy atom. The van der Waals surface area contributed by atoms with Crippen LogP contribution in [0.4, 0.5) is 11.6 Å². The Morgan fingerprint density at radius 3 is 2.64 bits per heavy atom. The Labute approximate surface area is 150 Å². The normalized spacial score (nSPS) is 14.8. The summed E-state index contributed by atoms with van der Waals surface area (Å²) >= 11 is 5.93. The molecule has 0 bridgehead atoms. The number of rotatable bonds is 4. The molecule has 1 aliphatic heterocycles. The summed E-state index contributed by atoms with van der Waals surface area (Å²) in [5.74, 6) is 0.548. The lowest BCUT2D eigenvalue weighted by Gasteiger charge is -2.34. The summed E-state index contributed by atoms with van der Waals surface area (Å²) in [4.78, 5) is 24.9. The van der Waals surface area contributed by atoms with Crippen molar-refractivity contribution in [1.82, 2.24) is 14.9 Å². The van der Waals surface area contributed by atoms with E-state index in [-0.39, 0.29) is 12.5 Å². The number of amides is 1. The predicted molar refractivity (Wildman–Crippen MR) is 95.5 cm³/mol. The van der Waals surface area contributed by atoms with E-state index in [1.807, 2.05) is 6.07 Å². The van der Waals surface area contributed by atoms with E-state index in [0.29, 0.717) is 22.2 Å². The number of nitrogens with zero attached hydrogens (tertiary/aromatic N) is 5. The molecule has 2 heterocycles. The second-order valence-corrected chi connectivity index (χ2v) is 6.10. The lowest BCUT2D eigenvalue weighted by atomic mass is 10.2. The van der Waals surface area contributed by atoms with Gasteiger partial charge in [-0.05, 0) is 24.3 Å². The number of nitriles is 1. The van der Waals surface area contributed by atoms with E-state index < -0.39 is 0 Å². The quantitative estimate of drug-likeness (QED) is 0.898. The Morgan fingerprint density at radius 2 is 1.96 bits per heavy atom. The molecule has 0 unspecified atom stereocenters. The van der Waals surface area contributed by atoms with Crippen LogP contribution in [0.2, 0.25) is 5.02 Å². The fourth-order valence-corrected chi connectivity index (χ4v) is 2.84. The van der Waals surface area contributed by atoms with Gasteiger partial charge in [0.05, 0.1) is 17.8 Å². The van der Waals surface area contributed by atoms with E-state index >= 15 is 0 Å². The van der Waals surface area contributed by atoms with Gasteiger partial charge in [0, 0.05) is 43.6 Å². The van der Waals surface area contributed by atoms with Crippen molar-refractivity contribution < 1.29 is 4.79 Å². The van der Waals surface area contributed by atoms with Crippen molar-refractivity contribution in [3.05, 3.63) is 47.2 Å². The van der Waals surface area contributed by atoms with E-state index in [4.69, 9.17) is 16.9 Å². The first-order valence-electron chi connectivity index (χ1n) is 7.89. The minimum absolute atomic E-state index is 0.164. The molecule has 1 aromatic heterocycles. The summed E-state index contributed by atoms with van der Waals surface area (Å²) in [7, 11) is 0. The lowest BCUT2D eigenvalue weighted by Crippen LogP contribution is -2.49. The van der Waals surface area contributed by atoms with E-state index in [0.717, 1.165) is 26.2 Å². The maximum Gasteiger partial charge on any atom is 0.238 e. The SMILES string of the molecule is N#Cc1ccc(Cl)cc1NC(=O)CN1CCN(c2ncccn2)CC1. The smallest absolute Gasteiger partial charge is 0.238 e. The molecular weight excluding hydrogens is 340 g/mol. The first kappa shape index (κ1) is 17.1. The Kier molecular flexibility index (Phi) is 5.43. The van der Waals surface area contributed by atoms with Gasteiger partial charge in [0.25, 0.3) is 0 Å². The minimum atomic E-state index is -0.164. The van der Waals surface area contributed by atoms with Crippen molar-refractivity contribution in [2.24, 2.45) is 0 Å². The van der Waals surface area contributed by atoms with Gasteiger partial charge >= 0.3 is 0 Å². The number of anilines is 2. The van der Waals surface area contributed by atoms with Gasteiger partial charge in [-0.1, -0.05) is 11.6 Å². The highest BCUT2D eigenvalue weighted by molar-refractivity contribution is 6.31. The maximum atomic E-state index is 12.3. The molecule has 1 amide bonds. The monoisotopic (exact) mass is 356 g/mol. The third-order valence-electron chi connectivity index (χ3n) is 3.95. The predicted octanol–water partition coefficient (Wildman–Crippen LogP) is 1.76. The van der Waals surface area contributed by atoms with Gasteiger partial charge in [-0.25, -0.2) is 9.97 Å². The number of hydrogen-bond donors (Lipinski definition) is 1. The van der Waals surface area contributed by atoms with Crippen molar-refractivity contribution in [3.8, 4) is 6.07 Å². The zero-order valence-corrected chi connectivity index (χ0v) is 14.3. The van der Waals surface area contributed by atoms with Gasteiger partial charge in [-0.2, -0.15) is 5.26 Å². The number of carbonyl (C=O) groups is 1. The van der Waals surface area contributed by atoms with Gasteiger partial charge in [-0.3, -0.25) is 9.69 Å². The molecule has 128 valence electrons. The Balaban J connectivity index is 1.53. The lowest BCUT2D eigenvalue weighted by molar-refractivity contribution is -0.117. The van der Waals surface area contributed by atoms with Gasteiger partial charge in [0.2, 0.25) is 11.9 Å². The first-order valence-corrected chi connectivity index (χ1v) is 8.27. The molecule has 25 heavy (non-hydrogen) atoms. The van der Waals surface area contributed by atoms with Crippen LogP contribution in [-0.2, 0) is 4.79 Å². The number of nitrogens with one attached hydrogen (secondary N) is 1. The van der Waals surface area contributed by atoms with Crippen LogP contribution in [-0.4, -0.2) is 53.5 Å². The average molecular weight is 357 g/mol. The van der Waals surface area contributed by atoms with Crippen molar-refractivity contribution in [3.63, 3.8) is 0 Å². The number of benzene rings is 1. The molecule has 2 aromatic rings. The van der Waals surface area contributed by atoms with Gasteiger partial charge < -0.3 is 10.2 Å². The summed E-state index contributed by atoms with van der Waals surface area (Å²) in [6, 6.07) is 8.64. The molecule has 1 fully saturated rings. The molecule has 1 N–H and O–H groups in total. The van der Waals surface area contributed by atoms with E-state index in [1.54, 1.807) is 36.7 Å². The molecule has 0 aliphatic carbocycles.